The molecule has 15 aromatic rings. The van der Waals surface area contributed by atoms with Crippen LogP contribution < -0.4 is 0 Å². The molecular formula is C63H36N4O2. The number of rotatable bonds is 5. The van der Waals surface area contributed by atoms with Gasteiger partial charge < -0.3 is 13.4 Å². The highest BCUT2D eigenvalue weighted by atomic mass is 16.3. The first-order chi connectivity index (χ1) is 34.2. The van der Waals surface area contributed by atoms with Gasteiger partial charge in [-0.3, -0.25) is 0 Å². The van der Waals surface area contributed by atoms with Crippen molar-refractivity contribution in [2.75, 3.05) is 0 Å². The Hall–Kier alpha value is -9.39. The normalized spacial score (nSPS) is 12.1. The van der Waals surface area contributed by atoms with E-state index in [2.05, 4.69) is 187 Å². The molecule has 0 N–H and O–H groups in total. The lowest BCUT2D eigenvalue weighted by molar-refractivity contribution is 0.668. The Morgan fingerprint density at radius 2 is 0.942 bits per heavy atom. The van der Waals surface area contributed by atoms with Crippen molar-refractivity contribution in [2.45, 2.75) is 0 Å². The lowest BCUT2D eigenvalue weighted by Gasteiger charge is -2.13. The molecule has 69 heavy (non-hydrogen) atoms. The molecule has 0 saturated heterocycles. The second-order valence-corrected chi connectivity index (χ2v) is 17.9. The fraction of sp³-hybridized carbons (Fsp3) is 0. The molecule has 6 heteroatoms. The topological polar surface area (TPSA) is 69.9 Å². The summed E-state index contributed by atoms with van der Waals surface area (Å²) in [6, 6.07) is 76.9. The van der Waals surface area contributed by atoms with Crippen LogP contribution in [0.5, 0.6) is 0 Å². The highest BCUT2D eigenvalue weighted by Gasteiger charge is 2.23. The average molecular weight is 881 g/mol. The number of para-hydroxylation sites is 2. The summed E-state index contributed by atoms with van der Waals surface area (Å²) in [7, 11) is 0. The van der Waals surface area contributed by atoms with Gasteiger partial charge in [0.2, 0.25) is 0 Å². The van der Waals surface area contributed by atoms with E-state index in [9.17, 15) is 0 Å². The van der Waals surface area contributed by atoms with Crippen LogP contribution in [0.2, 0.25) is 0 Å². The molecule has 0 amide bonds. The number of hydrogen-bond donors (Lipinski definition) is 0. The molecule has 0 unspecified atom stereocenters. The Labute approximate surface area is 394 Å². The van der Waals surface area contributed by atoms with Crippen molar-refractivity contribution >= 4 is 98.0 Å². The maximum atomic E-state index is 7.00. The third-order valence-corrected chi connectivity index (χ3v) is 14.0. The van der Waals surface area contributed by atoms with Crippen LogP contribution in [0.4, 0.5) is 0 Å². The molecule has 0 bridgehead atoms. The predicted octanol–water partition coefficient (Wildman–Crippen LogP) is 16.9. The number of benzene rings is 11. The zero-order chi connectivity index (χ0) is 45.2. The van der Waals surface area contributed by atoms with Gasteiger partial charge in [-0.2, -0.15) is 0 Å². The summed E-state index contributed by atoms with van der Waals surface area (Å²) in [6.45, 7) is 0. The summed E-state index contributed by atoms with van der Waals surface area (Å²) < 4.78 is 16.0. The van der Waals surface area contributed by atoms with E-state index in [-0.39, 0.29) is 0 Å². The number of nitrogens with zero attached hydrogens (tertiary/aromatic N) is 4. The van der Waals surface area contributed by atoms with Gasteiger partial charge in [-0.05, 0) is 80.5 Å². The third-order valence-electron chi connectivity index (χ3n) is 14.0. The van der Waals surface area contributed by atoms with Crippen LogP contribution in [0.1, 0.15) is 0 Å². The molecule has 320 valence electrons. The van der Waals surface area contributed by atoms with Crippen LogP contribution in [0.15, 0.2) is 227 Å². The maximum Gasteiger partial charge on any atom is 0.167 e. The second kappa shape index (κ2) is 14.6. The van der Waals surface area contributed by atoms with Crippen molar-refractivity contribution in [3.8, 4) is 51.0 Å². The van der Waals surface area contributed by atoms with Gasteiger partial charge in [-0.15, -0.1) is 0 Å². The quantitative estimate of drug-likeness (QED) is 0.172. The number of hydrogen-bond acceptors (Lipinski definition) is 5. The molecule has 0 spiro atoms. The van der Waals surface area contributed by atoms with Gasteiger partial charge in [0.15, 0.2) is 17.5 Å². The molecule has 0 radical (unpaired) electrons. The van der Waals surface area contributed by atoms with E-state index in [1.54, 1.807) is 0 Å². The van der Waals surface area contributed by atoms with Gasteiger partial charge >= 0.3 is 0 Å². The fourth-order valence-corrected chi connectivity index (χ4v) is 10.8. The van der Waals surface area contributed by atoms with E-state index in [0.29, 0.717) is 17.5 Å². The lowest BCUT2D eigenvalue weighted by Crippen LogP contribution is -2.00. The Kier molecular flexibility index (Phi) is 7.97. The van der Waals surface area contributed by atoms with E-state index in [1.165, 1.54) is 32.3 Å². The van der Waals surface area contributed by atoms with E-state index < -0.39 is 0 Å². The average Bonchev–Trinajstić information content (AvgIpc) is 4.09. The minimum atomic E-state index is 0.527. The molecule has 15 rings (SSSR count). The van der Waals surface area contributed by atoms with Gasteiger partial charge in [-0.1, -0.05) is 170 Å². The number of aromatic nitrogens is 4. The van der Waals surface area contributed by atoms with Crippen LogP contribution >= 0.6 is 0 Å². The van der Waals surface area contributed by atoms with Gasteiger partial charge in [0, 0.05) is 54.9 Å². The van der Waals surface area contributed by atoms with Crippen molar-refractivity contribution < 1.29 is 8.83 Å². The van der Waals surface area contributed by atoms with E-state index in [0.717, 1.165) is 99.2 Å². The Bertz CT molecular complexity index is 4600. The number of furan rings is 2. The first-order valence-corrected chi connectivity index (χ1v) is 23.2. The highest BCUT2D eigenvalue weighted by Crippen LogP contribution is 2.44. The molecule has 0 aliphatic carbocycles. The molecule has 0 aliphatic rings. The van der Waals surface area contributed by atoms with E-state index >= 15 is 0 Å². The third kappa shape index (κ3) is 5.76. The Balaban J connectivity index is 0.938. The van der Waals surface area contributed by atoms with Crippen LogP contribution in [0.3, 0.4) is 0 Å². The van der Waals surface area contributed by atoms with Gasteiger partial charge in [0.05, 0.1) is 22.3 Å². The van der Waals surface area contributed by atoms with Crippen molar-refractivity contribution in [3.63, 3.8) is 0 Å². The summed E-state index contributed by atoms with van der Waals surface area (Å²) >= 11 is 0. The van der Waals surface area contributed by atoms with Crippen molar-refractivity contribution in [2.24, 2.45) is 0 Å². The largest absolute Gasteiger partial charge is 0.456 e. The molecule has 0 atom stereocenters. The predicted molar refractivity (Wildman–Crippen MR) is 283 cm³/mol. The van der Waals surface area contributed by atoms with Gasteiger partial charge in [0.1, 0.15) is 22.3 Å². The van der Waals surface area contributed by atoms with Gasteiger partial charge in [0.25, 0.3) is 0 Å². The summed E-state index contributed by atoms with van der Waals surface area (Å²) in [4.78, 5) is 15.6. The molecule has 0 saturated carbocycles. The summed E-state index contributed by atoms with van der Waals surface area (Å²) in [5, 5.41) is 13.7. The van der Waals surface area contributed by atoms with Crippen LogP contribution in [-0.2, 0) is 0 Å². The molecule has 0 fully saturated rings. The summed E-state index contributed by atoms with van der Waals surface area (Å²) in [5.41, 5.74) is 11.2. The number of fused-ring (bicyclic) bond motifs is 14. The molecule has 0 aliphatic heterocycles. The minimum absolute atomic E-state index is 0.527. The van der Waals surface area contributed by atoms with E-state index in [1.807, 2.05) is 36.4 Å². The van der Waals surface area contributed by atoms with Crippen molar-refractivity contribution in [1.82, 2.24) is 19.5 Å². The first kappa shape index (κ1) is 37.8. The molecular weight excluding hydrogens is 845 g/mol. The maximum absolute atomic E-state index is 7.00. The van der Waals surface area contributed by atoms with E-state index in [4.69, 9.17) is 23.8 Å². The fourth-order valence-electron chi connectivity index (χ4n) is 10.8. The standard InChI is InChI=1S/C63H36N4O2/c1-2-13-37(14-3-1)38-25-27-40(28-26-38)61-64-62(66-63(65-61)50-23-12-22-48-46-20-10-11-24-55(46)69-60(48)50)43-29-31-49-56(35-43)68-57-36-54(45-19-8-9-21-47(45)59(49)57)67-52-32-30-39-15-6-7-18-44(39)58(52)51-33-41-16-4-5-17-42(41)34-53(51)67/h1-36H. The highest BCUT2D eigenvalue weighted by molar-refractivity contribution is 6.26. The van der Waals surface area contributed by atoms with Crippen molar-refractivity contribution in [3.05, 3.63) is 218 Å². The van der Waals surface area contributed by atoms with Crippen LogP contribution in [-0.4, -0.2) is 19.5 Å². The zero-order valence-electron chi connectivity index (χ0n) is 36.9. The lowest BCUT2D eigenvalue weighted by atomic mass is 10.0. The Morgan fingerprint density at radius 3 is 1.78 bits per heavy atom. The van der Waals surface area contributed by atoms with Gasteiger partial charge in [-0.25, -0.2) is 15.0 Å². The monoisotopic (exact) mass is 880 g/mol. The first-order valence-electron chi connectivity index (χ1n) is 23.2. The zero-order valence-corrected chi connectivity index (χ0v) is 36.9. The summed E-state index contributed by atoms with van der Waals surface area (Å²) in [6.07, 6.45) is 0. The van der Waals surface area contributed by atoms with Crippen molar-refractivity contribution in [1.29, 1.82) is 0 Å². The minimum Gasteiger partial charge on any atom is -0.456 e. The molecule has 4 heterocycles. The van der Waals surface area contributed by atoms with Crippen LogP contribution in [0.25, 0.3) is 149 Å². The van der Waals surface area contributed by atoms with Crippen LogP contribution in [0, 0.1) is 0 Å². The smallest absolute Gasteiger partial charge is 0.167 e. The molecule has 6 nitrogen and oxygen atoms in total. The second-order valence-electron chi connectivity index (χ2n) is 17.9. The SMILES string of the molecule is c1ccc(-c2ccc(-c3nc(-c4ccc5c(c4)oc4cc(-n6c7cc8ccccc8cc7c7c8ccccc8ccc76)c6ccccc6c45)nc(-c4cccc5c4oc4ccccc45)n3)cc2)cc1. The summed E-state index contributed by atoms with van der Waals surface area (Å²) in [5.74, 6) is 1.63. The Morgan fingerprint density at radius 1 is 0.304 bits per heavy atom. The molecule has 11 aromatic carbocycles. The molecule has 4 aromatic heterocycles.